The van der Waals surface area contributed by atoms with E-state index < -0.39 is 0 Å². The van der Waals surface area contributed by atoms with E-state index in [1.165, 1.54) is 44.3 Å². The van der Waals surface area contributed by atoms with E-state index in [2.05, 4.69) is 69.9 Å². The first kappa shape index (κ1) is 21.6. The van der Waals surface area contributed by atoms with Crippen molar-refractivity contribution in [1.29, 1.82) is 0 Å². The summed E-state index contributed by atoms with van der Waals surface area (Å²) in [4.78, 5) is 10.3. The fourth-order valence-electron chi connectivity index (χ4n) is 5.73. The molecule has 5 rings (SSSR count). The van der Waals surface area contributed by atoms with E-state index in [-0.39, 0.29) is 0 Å². The van der Waals surface area contributed by atoms with Gasteiger partial charge < -0.3 is 9.30 Å². The minimum absolute atomic E-state index is 0.683. The van der Waals surface area contributed by atoms with Crippen molar-refractivity contribution in [2.45, 2.75) is 38.3 Å². The van der Waals surface area contributed by atoms with Gasteiger partial charge in [-0.15, -0.1) is 0 Å². The molecule has 1 aliphatic carbocycles. The van der Waals surface area contributed by atoms with E-state index >= 15 is 0 Å². The number of hydrogen-bond acceptors (Lipinski definition) is 4. The van der Waals surface area contributed by atoms with Gasteiger partial charge in [-0.1, -0.05) is 36.4 Å². The molecule has 3 aromatic rings. The molecule has 0 radical (unpaired) electrons. The molecular formula is C27H36N4O. The zero-order valence-electron chi connectivity index (χ0n) is 19.5. The van der Waals surface area contributed by atoms with Crippen molar-refractivity contribution >= 4 is 11.0 Å². The highest BCUT2D eigenvalue weighted by Crippen LogP contribution is 2.29. The van der Waals surface area contributed by atoms with Crippen LogP contribution in [-0.4, -0.2) is 65.3 Å². The molecule has 0 N–H and O–H groups in total. The average molecular weight is 433 g/mol. The van der Waals surface area contributed by atoms with Crippen LogP contribution in [0.25, 0.3) is 11.0 Å². The van der Waals surface area contributed by atoms with Gasteiger partial charge in [0.2, 0.25) is 0 Å². The molecule has 170 valence electrons. The van der Waals surface area contributed by atoms with Crippen LogP contribution < -0.4 is 0 Å². The molecular weight excluding hydrogens is 396 g/mol. The van der Waals surface area contributed by atoms with Crippen LogP contribution in [0.4, 0.5) is 0 Å². The zero-order chi connectivity index (χ0) is 21.9. The predicted molar refractivity (Wildman–Crippen MR) is 130 cm³/mol. The quantitative estimate of drug-likeness (QED) is 0.541. The van der Waals surface area contributed by atoms with Crippen molar-refractivity contribution < 1.29 is 4.74 Å². The molecule has 0 amide bonds. The molecule has 1 aliphatic heterocycles. The van der Waals surface area contributed by atoms with Gasteiger partial charge in [-0.2, -0.15) is 0 Å². The van der Waals surface area contributed by atoms with Gasteiger partial charge in [-0.25, -0.2) is 4.98 Å². The number of aromatic nitrogens is 2. The lowest BCUT2D eigenvalue weighted by Crippen LogP contribution is -2.46. The molecule has 0 bridgehead atoms. The van der Waals surface area contributed by atoms with Crippen molar-refractivity contribution in [1.82, 2.24) is 19.4 Å². The summed E-state index contributed by atoms with van der Waals surface area (Å²) in [5, 5.41) is 0. The van der Waals surface area contributed by atoms with Gasteiger partial charge in [0.05, 0.1) is 24.2 Å². The van der Waals surface area contributed by atoms with Crippen molar-refractivity contribution in [2.75, 3.05) is 39.9 Å². The molecule has 0 unspecified atom stereocenters. The lowest BCUT2D eigenvalue weighted by atomic mass is 9.95. The first-order chi connectivity index (χ1) is 15.7. The van der Waals surface area contributed by atoms with E-state index in [1.54, 1.807) is 18.2 Å². The molecule has 5 heteroatoms. The number of para-hydroxylation sites is 2. The van der Waals surface area contributed by atoms with Crippen molar-refractivity contribution in [3.05, 3.63) is 65.5 Å². The molecule has 2 heterocycles. The van der Waals surface area contributed by atoms with E-state index in [1.807, 2.05) is 0 Å². The third-order valence-electron chi connectivity index (χ3n) is 7.47. The Bertz CT molecular complexity index is 1020. The van der Waals surface area contributed by atoms with Crippen LogP contribution in [0.5, 0.6) is 0 Å². The number of benzene rings is 2. The summed E-state index contributed by atoms with van der Waals surface area (Å²) in [6.45, 7) is 6.16. The van der Waals surface area contributed by atoms with Crippen LogP contribution in [0.1, 0.15) is 29.8 Å². The van der Waals surface area contributed by atoms with Crippen LogP contribution in [0.2, 0.25) is 0 Å². The number of likely N-dealkylation sites (tertiary alicyclic amines) is 1. The van der Waals surface area contributed by atoms with Crippen LogP contribution in [0.15, 0.2) is 48.5 Å². The van der Waals surface area contributed by atoms with Gasteiger partial charge >= 0.3 is 0 Å². The summed E-state index contributed by atoms with van der Waals surface area (Å²) < 4.78 is 7.70. The second-order valence-corrected chi connectivity index (χ2v) is 9.64. The van der Waals surface area contributed by atoms with E-state index in [0.717, 1.165) is 37.6 Å². The lowest BCUT2D eigenvalue weighted by Gasteiger charge is -2.38. The van der Waals surface area contributed by atoms with Gasteiger partial charge in [0.15, 0.2) is 0 Å². The summed E-state index contributed by atoms with van der Waals surface area (Å²) in [5.74, 6) is 1.85. The van der Waals surface area contributed by atoms with Crippen LogP contribution >= 0.6 is 0 Å². The zero-order valence-corrected chi connectivity index (χ0v) is 19.5. The standard InChI is InChI=1S/C27H36N4O/c1-29-26-12-6-5-11-25(26)28-27(29)20-30(14-15-32-2)18-21-8-7-13-31(19-21)24-16-22-9-3-4-10-23(22)17-24/h3-6,9-12,21,24H,7-8,13-20H2,1-2H3/t21-/m1/s1. The second-order valence-electron chi connectivity index (χ2n) is 9.64. The van der Waals surface area contributed by atoms with Gasteiger partial charge in [0.25, 0.3) is 0 Å². The second kappa shape index (κ2) is 9.74. The first-order valence-electron chi connectivity index (χ1n) is 12.1. The maximum atomic E-state index is 5.45. The number of imidazole rings is 1. The third-order valence-corrected chi connectivity index (χ3v) is 7.47. The van der Waals surface area contributed by atoms with Crippen molar-refractivity contribution in [3.8, 4) is 0 Å². The number of nitrogens with zero attached hydrogens (tertiary/aromatic N) is 4. The number of rotatable bonds is 8. The van der Waals surface area contributed by atoms with Crippen molar-refractivity contribution in [2.24, 2.45) is 13.0 Å². The highest BCUT2D eigenvalue weighted by Gasteiger charge is 2.31. The Morgan fingerprint density at radius 2 is 1.81 bits per heavy atom. The number of fused-ring (bicyclic) bond motifs is 2. The molecule has 1 atom stereocenters. The minimum Gasteiger partial charge on any atom is -0.383 e. The fraction of sp³-hybridized carbons (Fsp3) is 0.519. The summed E-state index contributed by atoms with van der Waals surface area (Å²) in [7, 11) is 3.94. The van der Waals surface area contributed by atoms with Crippen molar-refractivity contribution in [3.63, 3.8) is 0 Å². The smallest absolute Gasteiger partial charge is 0.123 e. The summed E-state index contributed by atoms with van der Waals surface area (Å²) in [6, 6.07) is 18.1. The molecule has 1 fully saturated rings. The van der Waals surface area contributed by atoms with Crippen LogP contribution in [0, 0.1) is 5.92 Å². The molecule has 0 spiro atoms. The maximum Gasteiger partial charge on any atom is 0.123 e. The number of hydrogen-bond donors (Lipinski definition) is 0. The van der Waals surface area contributed by atoms with Gasteiger partial charge in [0, 0.05) is 39.8 Å². The van der Waals surface area contributed by atoms with E-state index in [4.69, 9.17) is 9.72 Å². The largest absolute Gasteiger partial charge is 0.383 e. The minimum atomic E-state index is 0.683. The Kier molecular flexibility index (Phi) is 6.58. The van der Waals surface area contributed by atoms with Gasteiger partial charge in [-0.05, 0) is 61.4 Å². The normalized spacial score (nSPS) is 19.8. The molecule has 1 saturated heterocycles. The average Bonchev–Trinajstić information content (AvgIpc) is 3.39. The first-order valence-corrected chi connectivity index (χ1v) is 12.1. The highest BCUT2D eigenvalue weighted by atomic mass is 16.5. The Hall–Kier alpha value is -2.21. The Balaban J connectivity index is 1.25. The topological polar surface area (TPSA) is 33.5 Å². The summed E-state index contributed by atoms with van der Waals surface area (Å²) in [6.07, 6.45) is 5.07. The summed E-state index contributed by atoms with van der Waals surface area (Å²) in [5.41, 5.74) is 5.41. The molecule has 2 aromatic carbocycles. The molecule has 5 nitrogen and oxygen atoms in total. The number of ether oxygens (including phenoxy) is 1. The Morgan fingerprint density at radius 1 is 1.06 bits per heavy atom. The predicted octanol–water partition coefficient (Wildman–Crippen LogP) is 3.90. The lowest BCUT2D eigenvalue weighted by molar-refractivity contribution is 0.0831. The SMILES string of the molecule is COCCN(Cc1nc2ccccc2n1C)C[C@H]1CCCN(C2Cc3ccccc3C2)C1. The fourth-order valence-corrected chi connectivity index (χ4v) is 5.73. The maximum absolute atomic E-state index is 5.45. The third kappa shape index (κ3) is 4.61. The monoisotopic (exact) mass is 432 g/mol. The molecule has 2 aliphatic rings. The van der Waals surface area contributed by atoms with E-state index in [9.17, 15) is 0 Å². The highest BCUT2D eigenvalue weighted by molar-refractivity contribution is 5.75. The van der Waals surface area contributed by atoms with Gasteiger partial charge in [-0.3, -0.25) is 9.80 Å². The number of aryl methyl sites for hydroxylation is 1. The number of methoxy groups -OCH3 is 1. The molecule has 0 saturated carbocycles. The Morgan fingerprint density at radius 3 is 2.56 bits per heavy atom. The molecule has 32 heavy (non-hydrogen) atoms. The Labute approximate surface area is 192 Å². The molecule has 1 aromatic heterocycles. The van der Waals surface area contributed by atoms with Crippen LogP contribution in [-0.2, 0) is 31.2 Å². The summed E-state index contributed by atoms with van der Waals surface area (Å²) >= 11 is 0. The number of piperidine rings is 1. The van der Waals surface area contributed by atoms with Gasteiger partial charge in [0.1, 0.15) is 5.82 Å². The van der Waals surface area contributed by atoms with E-state index in [0.29, 0.717) is 12.0 Å². The van der Waals surface area contributed by atoms with Crippen LogP contribution in [0.3, 0.4) is 0 Å².